The SMILES string of the molecule is Nc1cc(Cl)cnc1NC1CCCCC1CO. The van der Waals surface area contributed by atoms with Gasteiger partial charge >= 0.3 is 0 Å². The number of hydrogen-bond donors (Lipinski definition) is 3. The number of aliphatic hydroxyl groups is 1. The van der Waals surface area contributed by atoms with Gasteiger partial charge in [0.25, 0.3) is 0 Å². The lowest BCUT2D eigenvalue weighted by Crippen LogP contribution is -2.34. The van der Waals surface area contributed by atoms with Crippen molar-refractivity contribution in [2.75, 3.05) is 17.7 Å². The lowest BCUT2D eigenvalue weighted by atomic mass is 9.85. The van der Waals surface area contributed by atoms with Crippen LogP contribution in [0.25, 0.3) is 0 Å². The minimum atomic E-state index is 0.213. The quantitative estimate of drug-likeness (QED) is 0.775. The third-order valence-electron chi connectivity index (χ3n) is 3.35. The highest BCUT2D eigenvalue weighted by molar-refractivity contribution is 6.30. The maximum Gasteiger partial charge on any atom is 0.149 e. The van der Waals surface area contributed by atoms with E-state index in [9.17, 15) is 5.11 Å². The average molecular weight is 256 g/mol. The average Bonchev–Trinajstić information content (AvgIpc) is 2.33. The number of pyridine rings is 1. The molecule has 94 valence electrons. The number of aromatic nitrogens is 1. The fraction of sp³-hybridized carbons (Fsp3) is 0.583. The van der Waals surface area contributed by atoms with Crippen LogP contribution in [0.5, 0.6) is 0 Å². The summed E-state index contributed by atoms with van der Waals surface area (Å²) in [6.07, 6.45) is 6.06. The molecule has 2 rings (SSSR count). The van der Waals surface area contributed by atoms with Crippen molar-refractivity contribution in [3.05, 3.63) is 17.3 Å². The number of nitrogens with zero attached hydrogens (tertiary/aromatic N) is 1. The zero-order valence-electron chi connectivity index (χ0n) is 9.69. The maximum atomic E-state index is 9.34. The molecule has 2 unspecified atom stereocenters. The molecule has 0 amide bonds. The van der Waals surface area contributed by atoms with Crippen molar-refractivity contribution < 1.29 is 5.11 Å². The number of anilines is 2. The summed E-state index contributed by atoms with van der Waals surface area (Å²) in [4.78, 5) is 4.19. The van der Waals surface area contributed by atoms with Crippen molar-refractivity contribution in [3.8, 4) is 0 Å². The molecular formula is C12H18ClN3O. The molecule has 5 heteroatoms. The molecule has 0 saturated heterocycles. The molecule has 0 radical (unpaired) electrons. The topological polar surface area (TPSA) is 71.2 Å². The first-order valence-electron chi connectivity index (χ1n) is 5.99. The third kappa shape index (κ3) is 3.01. The van der Waals surface area contributed by atoms with Gasteiger partial charge in [-0.3, -0.25) is 0 Å². The van der Waals surface area contributed by atoms with Gasteiger partial charge in [-0.1, -0.05) is 24.4 Å². The summed E-state index contributed by atoms with van der Waals surface area (Å²) in [6.45, 7) is 0.213. The number of aliphatic hydroxyl groups excluding tert-OH is 1. The number of rotatable bonds is 3. The van der Waals surface area contributed by atoms with Crippen LogP contribution in [0.2, 0.25) is 5.02 Å². The second-order valence-corrected chi connectivity index (χ2v) is 5.01. The van der Waals surface area contributed by atoms with Crippen LogP contribution in [-0.4, -0.2) is 22.7 Å². The molecule has 4 nitrogen and oxygen atoms in total. The van der Waals surface area contributed by atoms with Crippen LogP contribution >= 0.6 is 11.6 Å². The second kappa shape index (κ2) is 5.56. The highest BCUT2D eigenvalue weighted by atomic mass is 35.5. The number of nitrogen functional groups attached to an aromatic ring is 1. The zero-order valence-corrected chi connectivity index (χ0v) is 10.5. The predicted molar refractivity (Wildman–Crippen MR) is 70.1 cm³/mol. The predicted octanol–water partition coefficient (Wildman–Crippen LogP) is 2.28. The summed E-state index contributed by atoms with van der Waals surface area (Å²) >= 11 is 5.81. The van der Waals surface area contributed by atoms with Gasteiger partial charge < -0.3 is 16.2 Å². The van der Waals surface area contributed by atoms with Gasteiger partial charge in [0, 0.05) is 24.8 Å². The standard InChI is InChI=1S/C12H18ClN3O/c13-9-5-10(14)12(15-6-9)16-11-4-2-1-3-8(11)7-17/h5-6,8,11,17H,1-4,7,14H2,(H,15,16). The van der Waals surface area contributed by atoms with E-state index in [4.69, 9.17) is 17.3 Å². The van der Waals surface area contributed by atoms with E-state index in [-0.39, 0.29) is 12.6 Å². The van der Waals surface area contributed by atoms with Crippen LogP contribution in [0, 0.1) is 5.92 Å². The number of nitrogens with one attached hydrogen (secondary N) is 1. The summed E-state index contributed by atoms with van der Waals surface area (Å²) in [5.74, 6) is 0.959. The summed E-state index contributed by atoms with van der Waals surface area (Å²) in [6, 6.07) is 1.94. The Bertz CT molecular complexity index is 386. The van der Waals surface area contributed by atoms with Gasteiger partial charge in [0.15, 0.2) is 0 Å². The van der Waals surface area contributed by atoms with E-state index in [0.29, 0.717) is 22.4 Å². The summed E-state index contributed by atoms with van der Waals surface area (Å²) in [5, 5.41) is 13.2. The molecule has 4 N–H and O–H groups in total. The molecule has 1 aromatic rings. The van der Waals surface area contributed by atoms with Crippen LogP contribution < -0.4 is 11.1 Å². The van der Waals surface area contributed by atoms with Crippen LogP contribution in [0.15, 0.2) is 12.3 Å². The van der Waals surface area contributed by atoms with Crippen LogP contribution in [-0.2, 0) is 0 Å². The van der Waals surface area contributed by atoms with Crippen molar-refractivity contribution >= 4 is 23.1 Å². The number of hydrogen-bond acceptors (Lipinski definition) is 4. The minimum absolute atomic E-state index is 0.213. The van der Waals surface area contributed by atoms with E-state index in [1.54, 1.807) is 12.3 Å². The Morgan fingerprint density at radius 1 is 1.47 bits per heavy atom. The van der Waals surface area contributed by atoms with Crippen molar-refractivity contribution in [3.63, 3.8) is 0 Å². The smallest absolute Gasteiger partial charge is 0.149 e. The molecule has 1 aromatic heterocycles. The highest BCUT2D eigenvalue weighted by Crippen LogP contribution is 2.28. The third-order valence-corrected chi connectivity index (χ3v) is 3.56. The largest absolute Gasteiger partial charge is 0.396 e. The van der Waals surface area contributed by atoms with Crippen LogP contribution in [0.3, 0.4) is 0 Å². The van der Waals surface area contributed by atoms with E-state index in [2.05, 4.69) is 10.3 Å². The summed E-state index contributed by atoms with van der Waals surface area (Å²) in [7, 11) is 0. The molecule has 1 heterocycles. The Balaban J connectivity index is 2.08. The lowest BCUT2D eigenvalue weighted by molar-refractivity contribution is 0.178. The Morgan fingerprint density at radius 3 is 2.94 bits per heavy atom. The molecule has 0 spiro atoms. The van der Waals surface area contributed by atoms with Gasteiger partial charge in [0.05, 0.1) is 10.7 Å². The van der Waals surface area contributed by atoms with Crippen molar-refractivity contribution in [2.45, 2.75) is 31.7 Å². The highest BCUT2D eigenvalue weighted by Gasteiger charge is 2.25. The fourth-order valence-electron chi connectivity index (χ4n) is 2.37. The van der Waals surface area contributed by atoms with Crippen LogP contribution in [0.4, 0.5) is 11.5 Å². The van der Waals surface area contributed by atoms with E-state index in [1.807, 2.05) is 0 Å². The van der Waals surface area contributed by atoms with Gasteiger partial charge in [0.2, 0.25) is 0 Å². The normalized spacial score (nSPS) is 24.6. The first kappa shape index (κ1) is 12.5. The second-order valence-electron chi connectivity index (χ2n) is 4.57. The Morgan fingerprint density at radius 2 is 2.24 bits per heavy atom. The van der Waals surface area contributed by atoms with Crippen molar-refractivity contribution in [1.82, 2.24) is 4.98 Å². The van der Waals surface area contributed by atoms with Gasteiger partial charge in [0.1, 0.15) is 5.82 Å². The molecule has 0 aromatic carbocycles. The molecule has 1 saturated carbocycles. The summed E-state index contributed by atoms with van der Waals surface area (Å²) in [5.41, 5.74) is 6.41. The molecule has 1 fully saturated rings. The van der Waals surface area contributed by atoms with E-state index < -0.39 is 0 Å². The van der Waals surface area contributed by atoms with Gasteiger partial charge in [-0.05, 0) is 18.9 Å². The Kier molecular flexibility index (Phi) is 4.07. The zero-order chi connectivity index (χ0) is 12.3. The molecule has 0 bridgehead atoms. The summed E-state index contributed by atoms with van der Waals surface area (Å²) < 4.78 is 0. The number of nitrogens with two attached hydrogens (primary N) is 1. The molecule has 1 aliphatic rings. The first-order chi connectivity index (χ1) is 8.20. The van der Waals surface area contributed by atoms with E-state index in [1.165, 1.54) is 12.8 Å². The monoisotopic (exact) mass is 255 g/mol. The van der Waals surface area contributed by atoms with Gasteiger partial charge in [-0.15, -0.1) is 0 Å². The Hall–Kier alpha value is -1.00. The van der Waals surface area contributed by atoms with Gasteiger partial charge in [-0.2, -0.15) is 0 Å². The molecule has 1 aliphatic carbocycles. The van der Waals surface area contributed by atoms with Gasteiger partial charge in [-0.25, -0.2) is 4.98 Å². The minimum Gasteiger partial charge on any atom is -0.396 e. The maximum absolute atomic E-state index is 9.34. The van der Waals surface area contributed by atoms with E-state index in [0.717, 1.165) is 12.8 Å². The molecule has 2 atom stereocenters. The van der Waals surface area contributed by atoms with Crippen molar-refractivity contribution in [2.24, 2.45) is 5.92 Å². The Labute approximate surface area is 106 Å². The molecule has 17 heavy (non-hydrogen) atoms. The fourth-order valence-corrected chi connectivity index (χ4v) is 2.53. The lowest BCUT2D eigenvalue weighted by Gasteiger charge is -2.31. The molecule has 0 aliphatic heterocycles. The van der Waals surface area contributed by atoms with Crippen LogP contribution in [0.1, 0.15) is 25.7 Å². The first-order valence-corrected chi connectivity index (χ1v) is 6.37. The number of halogens is 1. The molecular weight excluding hydrogens is 238 g/mol. The van der Waals surface area contributed by atoms with Crippen molar-refractivity contribution in [1.29, 1.82) is 0 Å². The van der Waals surface area contributed by atoms with E-state index >= 15 is 0 Å².